The zero-order valence-corrected chi connectivity index (χ0v) is 21.3. The standard InChI is InChI=1S/C24H32N4O8S/c1-15(23(25)31)27-19(13-35-17-9-5-3-6-10-17)21(29)22(30)20(14-36-18-11-7-4-8-12-18)28(37(27,33)34)16(2)24(26)32/h3-12,15-16,19-22,29-30H,13-14H2,1-2H3,(H2,25,31)(H2,26,32)/t15?,16?,19-,20-,21+,22+/m1/s1. The minimum atomic E-state index is -4.78. The number of ether oxygens (including phenoxy) is 2. The molecule has 0 aliphatic carbocycles. The number of aliphatic hydroxyl groups excluding tert-OH is 2. The van der Waals surface area contributed by atoms with E-state index in [1.165, 1.54) is 13.8 Å². The first-order valence-electron chi connectivity index (χ1n) is 11.6. The molecule has 1 aliphatic heterocycles. The molecule has 2 aromatic rings. The fourth-order valence-electron chi connectivity index (χ4n) is 4.17. The summed E-state index contributed by atoms with van der Waals surface area (Å²) in [5, 5.41) is 22.5. The molecule has 2 amide bonds. The van der Waals surface area contributed by atoms with E-state index in [0.717, 1.165) is 0 Å². The maximum Gasteiger partial charge on any atom is 0.284 e. The number of para-hydroxylation sites is 2. The van der Waals surface area contributed by atoms with Gasteiger partial charge in [0.05, 0.1) is 12.1 Å². The van der Waals surface area contributed by atoms with Gasteiger partial charge in [0.25, 0.3) is 10.2 Å². The van der Waals surface area contributed by atoms with E-state index in [9.17, 15) is 28.2 Å². The Labute approximate surface area is 215 Å². The Bertz CT molecular complexity index is 1080. The topological polar surface area (TPSA) is 186 Å². The lowest BCUT2D eigenvalue weighted by Gasteiger charge is -2.38. The molecule has 1 saturated heterocycles. The van der Waals surface area contributed by atoms with Crippen molar-refractivity contribution in [3.8, 4) is 11.5 Å². The van der Waals surface area contributed by atoms with E-state index in [0.29, 0.717) is 20.1 Å². The van der Waals surface area contributed by atoms with Crippen molar-refractivity contribution in [2.24, 2.45) is 11.5 Å². The van der Waals surface area contributed by atoms with Crippen LogP contribution in [0.25, 0.3) is 0 Å². The SMILES string of the molecule is CC(C(N)=O)N1[C@H](COc2ccccc2)[C@H](O)[C@@H](O)[C@@H](COc2ccccc2)N(C(C)C(N)=O)S1(=O)=O. The quantitative estimate of drug-likeness (QED) is 0.304. The molecule has 12 nitrogen and oxygen atoms in total. The van der Waals surface area contributed by atoms with Crippen molar-refractivity contribution >= 4 is 22.0 Å². The van der Waals surface area contributed by atoms with E-state index in [2.05, 4.69) is 0 Å². The van der Waals surface area contributed by atoms with Crippen LogP contribution in [-0.2, 0) is 19.8 Å². The number of nitrogens with two attached hydrogens (primary N) is 2. The minimum Gasteiger partial charge on any atom is -0.492 e. The van der Waals surface area contributed by atoms with Crippen LogP contribution < -0.4 is 20.9 Å². The van der Waals surface area contributed by atoms with E-state index in [-0.39, 0.29) is 0 Å². The number of hydrogen-bond acceptors (Lipinski definition) is 8. The van der Waals surface area contributed by atoms with Gasteiger partial charge in [-0.15, -0.1) is 0 Å². The van der Waals surface area contributed by atoms with E-state index in [1.54, 1.807) is 60.7 Å². The number of aliphatic hydroxyl groups is 2. The summed E-state index contributed by atoms with van der Waals surface area (Å²) in [5.41, 5.74) is 10.9. The first-order valence-corrected chi connectivity index (χ1v) is 13.0. The molecule has 0 bridgehead atoms. The van der Waals surface area contributed by atoms with Crippen LogP contribution in [0.3, 0.4) is 0 Å². The summed E-state index contributed by atoms with van der Waals surface area (Å²) in [6.07, 6.45) is -3.54. The number of carbonyl (C=O) groups is 2. The molecule has 6 N–H and O–H groups in total. The highest BCUT2D eigenvalue weighted by Gasteiger charge is 2.55. The smallest absolute Gasteiger partial charge is 0.284 e. The number of carbonyl (C=O) groups excluding carboxylic acids is 2. The summed E-state index contributed by atoms with van der Waals surface area (Å²) >= 11 is 0. The molecule has 13 heteroatoms. The van der Waals surface area contributed by atoms with Gasteiger partial charge in [-0.2, -0.15) is 17.0 Å². The summed E-state index contributed by atoms with van der Waals surface area (Å²) in [6.45, 7) is 1.60. The van der Waals surface area contributed by atoms with Crippen molar-refractivity contribution in [2.75, 3.05) is 13.2 Å². The van der Waals surface area contributed by atoms with Crippen molar-refractivity contribution in [1.82, 2.24) is 8.61 Å². The van der Waals surface area contributed by atoms with Crippen LogP contribution in [0.2, 0.25) is 0 Å². The molecule has 2 unspecified atom stereocenters. The minimum absolute atomic E-state index is 0.365. The van der Waals surface area contributed by atoms with Gasteiger partial charge in [-0.05, 0) is 38.1 Å². The number of nitrogens with zero attached hydrogens (tertiary/aromatic N) is 2. The Morgan fingerprint density at radius 3 is 1.41 bits per heavy atom. The van der Waals surface area contributed by atoms with Gasteiger partial charge in [-0.1, -0.05) is 36.4 Å². The van der Waals surface area contributed by atoms with Crippen LogP contribution in [-0.4, -0.2) is 88.6 Å². The summed E-state index contributed by atoms with van der Waals surface area (Å²) in [6, 6.07) is 10.9. The lowest BCUT2D eigenvalue weighted by atomic mass is 9.98. The number of rotatable bonds is 10. The fraction of sp³-hybridized carbons (Fsp3) is 0.417. The second-order valence-corrected chi connectivity index (χ2v) is 10.4. The van der Waals surface area contributed by atoms with Crippen molar-refractivity contribution < 1.29 is 37.7 Å². The Morgan fingerprint density at radius 1 is 0.784 bits per heavy atom. The van der Waals surface area contributed by atoms with Crippen LogP contribution >= 0.6 is 0 Å². The first kappa shape index (κ1) is 28.3. The molecule has 0 aromatic heterocycles. The molecular weight excluding hydrogens is 504 g/mol. The normalized spacial score (nSPS) is 25.9. The Morgan fingerprint density at radius 2 is 1.11 bits per heavy atom. The first-order chi connectivity index (χ1) is 17.5. The molecule has 1 heterocycles. The zero-order chi connectivity index (χ0) is 27.3. The third kappa shape index (κ3) is 6.19. The van der Waals surface area contributed by atoms with E-state index < -0.39 is 71.6 Å². The number of primary amides is 2. The van der Waals surface area contributed by atoms with Gasteiger partial charge in [0, 0.05) is 0 Å². The van der Waals surface area contributed by atoms with Gasteiger partial charge in [0.15, 0.2) is 0 Å². The molecule has 1 fully saturated rings. The average molecular weight is 537 g/mol. The molecule has 2 aromatic carbocycles. The largest absolute Gasteiger partial charge is 0.492 e. The maximum atomic E-state index is 14.1. The third-order valence-electron chi connectivity index (χ3n) is 6.24. The molecule has 0 spiro atoms. The molecule has 202 valence electrons. The Hall–Kier alpha value is -3.23. The third-order valence-corrected chi connectivity index (χ3v) is 8.48. The van der Waals surface area contributed by atoms with Crippen molar-refractivity contribution in [3.63, 3.8) is 0 Å². The number of hydrogen-bond donors (Lipinski definition) is 4. The number of benzene rings is 2. The van der Waals surface area contributed by atoms with Crippen LogP contribution in [0.1, 0.15) is 13.8 Å². The maximum absolute atomic E-state index is 14.1. The Balaban J connectivity index is 2.09. The molecule has 37 heavy (non-hydrogen) atoms. The van der Waals surface area contributed by atoms with E-state index >= 15 is 0 Å². The van der Waals surface area contributed by atoms with Crippen LogP contribution in [0.4, 0.5) is 0 Å². The highest BCUT2D eigenvalue weighted by atomic mass is 32.2. The lowest BCUT2D eigenvalue weighted by Crippen LogP contribution is -2.61. The van der Waals surface area contributed by atoms with E-state index in [1.807, 2.05) is 0 Å². The number of amides is 2. The summed E-state index contributed by atoms with van der Waals surface area (Å²) in [5.74, 6) is -1.30. The second kappa shape index (κ2) is 11.9. The molecule has 1 aliphatic rings. The second-order valence-electron chi connectivity index (χ2n) is 8.69. The van der Waals surface area contributed by atoms with Gasteiger partial charge in [0.2, 0.25) is 11.8 Å². The van der Waals surface area contributed by atoms with E-state index in [4.69, 9.17) is 20.9 Å². The molecule has 0 saturated carbocycles. The lowest BCUT2D eigenvalue weighted by molar-refractivity contribution is -0.124. The summed E-state index contributed by atoms with van der Waals surface area (Å²) in [4.78, 5) is 24.4. The molecule has 3 rings (SSSR count). The van der Waals surface area contributed by atoms with Gasteiger partial charge in [0.1, 0.15) is 49.0 Å². The van der Waals surface area contributed by atoms with Gasteiger partial charge < -0.3 is 31.2 Å². The summed E-state index contributed by atoms with van der Waals surface area (Å²) in [7, 11) is -4.78. The highest BCUT2D eigenvalue weighted by molar-refractivity contribution is 7.86. The highest BCUT2D eigenvalue weighted by Crippen LogP contribution is 2.31. The Kier molecular flexibility index (Phi) is 9.10. The predicted molar refractivity (Wildman–Crippen MR) is 133 cm³/mol. The van der Waals surface area contributed by atoms with Crippen molar-refractivity contribution in [2.45, 2.75) is 50.2 Å². The van der Waals surface area contributed by atoms with Gasteiger partial charge in [-0.3, -0.25) is 9.59 Å². The van der Waals surface area contributed by atoms with Crippen LogP contribution in [0.5, 0.6) is 11.5 Å². The van der Waals surface area contributed by atoms with Crippen molar-refractivity contribution in [3.05, 3.63) is 60.7 Å². The van der Waals surface area contributed by atoms with Crippen LogP contribution in [0.15, 0.2) is 60.7 Å². The van der Waals surface area contributed by atoms with Gasteiger partial charge >= 0.3 is 0 Å². The fourth-order valence-corrected chi connectivity index (χ4v) is 6.45. The van der Waals surface area contributed by atoms with Crippen molar-refractivity contribution in [1.29, 1.82) is 0 Å². The predicted octanol–water partition coefficient (Wildman–Crippen LogP) is -0.787. The summed E-state index contributed by atoms with van der Waals surface area (Å²) < 4.78 is 40.9. The average Bonchev–Trinajstić information content (AvgIpc) is 2.93. The zero-order valence-electron chi connectivity index (χ0n) is 20.5. The molecular formula is C24H32N4O8S. The molecule has 6 atom stereocenters. The van der Waals surface area contributed by atoms with Crippen LogP contribution in [0, 0.1) is 0 Å². The van der Waals surface area contributed by atoms with Gasteiger partial charge in [-0.25, -0.2) is 0 Å². The monoisotopic (exact) mass is 536 g/mol. The molecule has 0 radical (unpaired) electrons.